The monoisotopic (exact) mass is 468 g/mol. The van der Waals surface area contributed by atoms with Crippen LogP contribution in [0.5, 0.6) is 0 Å². The first-order valence-corrected chi connectivity index (χ1v) is 11.7. The van der Waals surface area contributed by atoms with E-state index in [1.54, 1.807) is 35.7 Å². The van der Waals surface area contributed by atoms with Gasteiger partial charge in [0.25, 0.3) is 5.56 Å². The number of nitrogens with zero attached hydrogens (tertiary/aromatic N) is 6. The Morgan fingerprint density at radius 3 is 2.57 bits per heavy atom. The van der Waals surface area contributed by atoms with Gasteiger partial charge < -0.3 is 14.6 Å². The first-order valence-electron chi connectivity index (χ1n) is 11.7. The van der Waals surface area contributed by atoms with Gasteiger partial charge in [-0.3, -0.25) is 9.78 Å². The van der Waals surface area contributed by atoms with Gasteiger partial charge >= 0.3 is 0 Å². The molecule has 178 valence electrons. The highest BCUT2D eigenvalue weighted by Crippen LogP contribution is 2.39. The number of morpholine rings is 1. The van der Waals surface area contributed by atoms with Crippen LogP contribution in [0.25, 0.3) is 11.3 Å². The van der Waals surface area contributed by atoms with Crippen molar-refractivity contribution in [2.45, 2.75) is 18.9 Å². The molecule has 35 heavy (non-hydrogen) atoms. The Balaban J connectivity index is 1.49. The fraction of sp³-hybridized carbons (Fsp3) is 0.259. The number of benzene rings is 1. The zero-order valence-corrected chi connectivity index (χ0v) is 19.9. The Hall–Kier alpha value is -4.04. The van der Waals surface area contributed by atoms with E-state index in [2.05, 4.69) is 38.9 Å². The summed E-state index contributed by atoms with van der Waals surface area (Å²) in [6.07, 6.45) is 7.53. The third-order valence-electron chi connectivity index (χ3n) is 6.56. The summed E-state index contributed by atoms with van der Waals surface area (Å²) in [5.74, 6) is 0.853. The van der Waals surface area contributed by atoms with Crippen molar-refractivity contribution in [2.75, 3.05) is 36.7 Å². The van der Waals surface area contributed by atoms with Gasteiger partial charge in [0.15, 0.2) is 0 Å². The van der Waals surface area contributed by atoms with Gasteiger partial charge in [0.2, 0.25) is 0 Å². The van der Waals surface area contributed by atoms with Crippen LogP contribution in [-0.2, 0) is 10.3 Å². The summed E-state index contributed by atoms with van der Waals surface area (Å²) in [6.45, 7) is 3.73. The van der Waals surface area contributed by atoms with E-state index in [4.69, 9.17) is 4.74 Å². The van der Waals surface area contributed by atoms with E-state index in [0.29, 0.717) is 25.4 Å². The highest BCUT2D eigenvalue weighted by atomic mass is 16.5. The van der Waals surface area contributed by atoms with Crippen molar-refractivity contribution in [1.82, 2.24) is 19.6 Å². The average Bonchev–Trinajstić information content (AvgIpc) is 2.93. The second-order valence-corrected chi connectivity index (χ2v) is 8.54. The predicted molar refractivity (Wildman–Crippen MR) is 136 cm³/mol. The normalized spacial score (nSPS) is 17.8. The van der Waals surface area contributed by atoms with Crippen LogP contribution in [0.1, 0.15) is 18.9 Å². The Morgan fingerprint density at radius 1 is 1.03 bits per heavy atom. The smallest absolute Gasteiger partial charge is 0.272 e. The van der Waals surface area contributed by atoms with Crippen molar-refractivity contribution >= 4 is 11.5 Å². The van der Waals surface area contributed by atoms with Crippen molar-refractivity contribution in [3.63, 3.8) is 0 Å². The maximum Gasteiger partial charge on any atom is 0.272 e. The molecule has 1 atom stereocenters. The van der Waals surface area contributed by atoms with Gasteiger partial charge in [-0.15, -0.1) is 0 Å². The van der Waals surface area contributed by atoms with Gasteiger partial charge in [-0.25, -0.2) is 14.6 Å². The van der Waals surface area contributed by atoms with Gasteiger partial charge in [-0.1, -0.05) is 31.2 Å². The van der Waals surface area contributed by atoms with Crippen LogP contribution in [0.3, 0.4) is 0 Å². The van der Waals surface area contributed by atoms with Gasteiger partial charge in [0.05, 0.1) is 25.4 Å². The summed E-state index contributed by atoms with van der Waals surface area (Å²) >= 11 is 0. The third kappa shape index (κ3) is 4.40. The molecule has 0 bridgehead atoms. The van der Waals surface area contributed by atoms with Crippen LogP contribution in [0, 0.1) is 0 Å². The topological polar surface area (TPSA) is 76.4 Å². The van der Waals surface area contributed by atoms with E-state index in [1.165, 1.54) is 0 Å². The van der Waals surface area contributed by atoms with Gasteiger partial charge in [-0.05, 0) is 36.8 Å². The molecule has 4 aromatic rings. The predicted octanol–water partition coefficient (Wildman–Crippen LogP) is 3.74. The third-order valence-corrected chi connectivity index (χ3v) is 6.56. The van der Waals surface area contributed by atoms with Gasteiger partial charge in [0, 0.05) is 48.5 Å². The number of ether oxygens (including phenoxy) is 1. The molecule has 8 nitrogen and oxygen atoms in total. The number of para-hydroxylation sites is 1. The summed E-state index contributed by atoms with van der Waals surface area (Å²) in [5.41, 5.74) is 2.86. The molecule has 1 unspecified atom stereocenters. The summed E-state index contributed by atoms with van der Waals surface area (Å²) in [5, 5.41) is 2.02. The summed E-state index contributed by atoms with van der Waals surface area (Å²) in [4.78, 5) is 28.3. The molecule has 1 aromatic carbocycles. The lowest BCUT2D eigenvalue weighted by molar-refractivity contribution is -0.0702. The van der Waals surface area contributed by atoms with E-state index < -0.39 is 5.60 Å². The largest absolute Gasteiger partial charge is 0.366 e. The van der Waals surface area contributed by atoms with Crippen molar-refractivity contribution in [3.8, 4) is 11.3 Å². The number of rotatable bonds is 6. The highest BCUT2D eigenvalue weighted by molar-refractivity contribution is 5.65. The van der Waals surface area contributed by atoms with Crippen LogP contribution in [0.2, 0.25) is 0 Å². The molecule has 1 aliphatic heterocycles. The molecule has 1 saturated heterocycles. The van der Waals surface area contributed by atoms with E-state index in [-0.39, 0.29) is 5.56 Å². The van der Waals surface area contributed by atoms with Crippen molar-refractivity contribution in [2.24, 2.45) is 0 Å². The first-order chi connectivity index (χ1) is 17.1. The van der Waals surface area contributed by atoms with Crippen molar-refractivity contribution in [1.29, 1.82) is 0 Å². The van der Waals surface area contributed by atoms with Crippen LogP contribution >= 0.6 is 0 Å². The number of anilines is 2. The van der Waals surface area contributed by atoms with E-state index >= 15 is 0 Å². The maximum atomic E-state index is 13.1. The number of hydrogen-bond donors (Lipinski definition) is 0. The van der Waals surface area contributed by atoms with Crippen LogP contribution in [0.4, 0.5) is 11.5 Å². The maximum absolute atomic E-state index is 13.1. The molecule has 0 saturated carbocycles. The number of hydrogen-bond acceptors (Lipinski definition) is 7. The molecule has 0 N–H and O–H groups in total. The SMILES string of the molecule is CCC1(c2ccccc2N(C)c2ccccn2)CN(n2cnc(-c3ccncc3)cc2=O)CCO1. The van der Waals surface area contributed by atoms with Gasteiger partial charge in [0.1, 0.15) is 17.7 Å². The molecule has 1 aliphatic rings. The van der Waals surface area contributed by atoms with E-state index in [1.807, 2.05) is 54.5 Å². The second-order valence-electron chi connectivity index (χ2n) is 8.54. The van der Waals surface area contributed by atoms with Crippen molar-refractivity contribution in [3.05, 3.63) is 101 Å². The lowest BCUT2D eigenvalue weighted by Gasteiger charge is -2.45. The minimum absolute atomic E-state index is 0.127. The molecule has 0 amide bonds. The summed E-state index contributed by atoms with van der Waals surface area (Å²) in [6, 6.07) is 19.4. The number of aromatic nitrogens is 4. The molecule has 0 radical (unpaired) electrons. The Bertz CT molecular complexity index is 1340. The highest BCUT2D eigenvalue weighted by Gasteiger charge is 2.40. The molecule has 0 spiro atoms. The average molecular weight is 469 g/mol. The standard InChI is InChI=1S/C27H28N6O2/c1-3-27(22-8-4-5-9-24(22)31(2)25-10-6-7-13-29-25)19-32(16-17-35-27)33-20-30-23(18-26(33)34)21-11-14-28-15-12-21/h4-15,18,20H,3,16-17,19H2,1-2H3. The summed E-state index contributed by atoms with van der Waals surface area (Å²) in [7, 11) is 2.01. The van der Waals surface area contributed by atoms with E-state index in [9.17, 15) is 4.79 Å². The molecular formula is C27H28N6O2. The van der Waals surface area contributed by atoms with Crippen LogP contribution in [0.15, 0.2) is 90.4 Å². The molecular weight excluding hydrogens is 440 g/mol. The van der Waals surface area contributed by atoms with E-state index in [0.717, 1.165) is 29.1 Å². The lowest BCUT2D eigenvalue weighted by atomic mass is 9.87. The minimum atomic E-state index is -0.596. The molecule has 5 rings (SSSR count). The van der Waals surface area contributed by atoms with Crippen molar-refractivity contribution < 1.29 is 4.74 Å². The Morgan fingerprint density at radius 2 is 1.83 bits per heavy atom. The zero-order chi connectivity index (χ0) is 24.3. The fourth-order valence-corrected chi connectivity index (χ4v) is 4.63. The first kappa shape index (κ1) is 22.7. The van der Waals surface area contributed by atoms with Crippen LogP contribution in [-0.4, -0.2) is 46.4 Å². The second kappa shape index (κ2) is 9.68. The number of pyridine rings is 2. The summed E-state index contributed by atoms with van der Waals surface area (Å²) < 4.78 is 8.08. The Kier molecular flexibility index (Phi) is 6.29. The molecule has 8 heteroatoms. The molecule has 1 fully saturated rings. The zero-order valence-electron chi connectivity index (χ0n) is 19.9. The van der Waals surface area contributed by atoms with Crippen LogP contribution < -0.4 is 15.5 Å². The Labute approximate surface area is 204 Å². The molecule has 4 heterocycles. The molecule has 3 aromatic heterocycles. The van der Waals surface area contributed by atoms with Gasteiger partial charge in [-0.2, -0.15) is 0 Å². The minimum Gasteiger partial charge on any atom is -0.366 e. The molecule has 0 aliphatic carbocycles. The quantitative estimate of drug-likeness (QED) is 0.427. The lowest BCUT2D eigenvalue weighted by Crippen LogP contribution is -2.56. The fourth-order valence-electron chi connectivity index (χ4n) is 4.63.